The highest BCUT2D eigenvalue weighted by molar-refractivity contribution is 9.10. The molecule has 0 aromatic carbocycles. The molecule has 16 heavy (non-hydrogen) atoms. The first kappa shape index (κ1) is 13.4. The molecule has 0 saturated carbocycles. The predicted octanol–water partition coefficient (Wildman–Crippen LogP) is 2.97. The van der Waals surface area contributed by atoms with Crippen molar-refractivity contribution in [2.24, 2.45) is 0 Å². The molecule has 1 rings (SSSR count). The van der Waals surface area contributed by atoms with Crippen molar-refractivity contribution in [3.63, 3.8) is 0 Å². The summed E-state index contributed by atoms with van der Waals surface area (Å²) in [5.74, 6) is -0.243. The standard InChI is InChI=1S/C11H13BrO3S/c1-2-15-11(14)4-3-9(13)5-8-6-16-7-10(8)12/h6-7H,2-5H2,1H3. The van der Waals surface area contributed by atoms with E-state index in [1.165, 1.54) is 0 Å². The third-order valence-corrected chi connectivity index (χ3v) is 3.82. The largest absolute Gasteiger partial charge is 0.466 e. The third kappa shape index (κ3) is 4.45. The summed E-state index contributed by atoms with van der Waals surface area (Å²) >= 11 is 4.92. The van der Waals surface area contributed by atoms with Crippen molar-refractivity contribution in [3.05, 3.63) is 20.8 Å². The fourth-order valence-corrected chi connectivity index (χ4v) is 2.65. The first-order valence-electron chi connectivity index (χ1n) is 5.01. The van der Waals surface area contributed by atoms with Crippen LogP contribution in [0.25, 0.3) is 0 Å². The van der Waals surface area contributed by atoms with Crippen LogP contribution in [0.2, 0.25) is 0 Å². The summed E-state index contributed by atoms with van der Waals surface area (Å²) in [5, 5.41) is 3.88. The molecule has 1 heterocycles. The van der Waals surface area contributed by atoms with Crippen LogP contribution in [0.3, 0.4) is 0 Å². The van der Waals surface area contributed by atoms with Gasteiger partial charge in [-0.25, -0.2) is 0 Å². The Labute approximate surface area is 107 Å². The Morgan fingerprint density at radius 2 is 2.12 bits per heavy atom. The summed E-state index contributed by atoms with van der Waals surface area (Å²) < 4.78 is 5.71. The zero-order valence-electron chi connectivity index (χ0n) is 8.99. The molecular weight excluding hydrogens is 292 g/mol. The number of ether oxygens (including phenoxy) is 1. The Morgan fingerprint density at radius 3 is 2.69 bits per heavy atom. The molecule has 0 aliphatic rings. The zero-order valence-corrected chi connectivity index (χ0v) is 11.4. The number of ketones is 1. The van der Waals surface area contributed by atoms with Crippen LogP contribution in [-0.4, -0.2) is 18.4 Å². The van der Waals surface area contributed by atoms with Crippen LogP contribution in [0.1, 0.15) is 25.3 Å². The van der Waals surface area contributed by atoms with Gasteiger partial charge in [0.1, 0.15) is 5.78 Å². The van der Waals surface area contributed by atoms with E-state index in [0.29, 0.717) is 13.0 Å². The predicted molar refractivity (Wildman–Crippen MR) is 66.6 cm³/mol. The monoisotopic (exact) mass is 304 g/mol. The Bertz CT molecular complexity index is 373. The number of rotatable bonds is 6. The van der Waals surface area contributed by atoms with E-state index in [1.54, 1.807) is 18.3 Å². The smallest absolute Gasteiger partial charge is 0.306 e. The van der Waals surface area contributed by atoms with Gasteiger partial charge in [0.15, 0.2) is 0 Å². The van der Waals surface area contributed by atoms with Crippen molar-refractivity contribution in [3.8, 4) is 0 Å². The lowest BCUT2D eigenvalue weighted by Crippen LogP contribution is -2.09. The molecule has 0 N–H and O–H groups in total. The summed E-state index contributed by atoms with van der Waals surface area (Å²) in [7, 11) is 0. The van der Waals surface area contributed by atoms with Gasteiger partial charge < -0.3 is 4.74 Å². The maximum atomic E-state index is 11.5. The molecule has 1 aromatic rings. The normalized spacial score (nSPS) is 10.1. The highest BCUT2D eigenvalue weighted by atomic mass is 79.9. The Morgan fingerprint density at radius 1 is 1.38 bits per heavy atom. The lowest BCUT2D eigenvalue weighted by molar-refractivity contribution is -0.144. The number of hydrogen-bond donors (Lipinski definition) is 0. The van der Waals surface area contributed by atoms with Crippen molar-refractivity contribution in [2.75, 3.05) is 6.61 Å². The van der Waals surface area contributed by atoms with Gasteiger partial charge >= 0.3 is 5.97 Å². The van der Waals surface area contributed by atoms with Gasteiger partial charge in [0.2, 0.25) is 0 Å². The van der Waals surface area contributed by atoms with E-state index in [9.17, 15) is 9.59 Å². The van der Waals surface area contributed by atoms with Crippen LogP contribution >= 0.6 is 27.3 Å². The Balaban J connectivity index is 2.32. The van der Waals surface area contributed by atoms with Gasteiger partial charge in [-0.15, -0.1) is 0 Å². The molecule has 0 spiro atoms. The van der Waals surface area contributed by atoms with Crippen LogP contribution in [0, 0.1) is 0 Å². The van der Waals surface area contributed by atoms with E-state index in [0.717, 1.165) is 10.0 Å². The van der Waals surface area contributed by atoms with Crippen LogP contribution in [0.15, 0.2) is 15.2 Å². The molecule has 0 bridgehead atoms. The highest BCUT2D eigenvalue weighted by Crippen LogP contribution is 2.22. The minimum absolute atomic E-state index is 0.0622. The molecule has 0 aliphatic carbocycles. The third-order valence-electron chi connectivity index (χ3n) is 1.99. The fraction of sp³-hybridized carbons (Fsp3) is 0.455. The maximum Gasteiger partial charge on any atom is 0.306 e. The Kier molecular flexibility index (Phi) is 5.69. The van der Waals surface area contributed by atoms with E-state index in [-0.39, 0.29) is 24.6 Å². The zero-order chi connectivity index (χ0) is 12.0. The average Bonchev–Trinajstić information content (AvgIpc) is 2.62. The molecule has 0 amide bonds. The topological polar surface area (TPSA) is 43.4 Å². The second-order valence-electron chi connectivity index (χ2n) is 3.27. The number of carbonyl (C=O) groups is 2. The van der Waals surface area contributed by atoms with Crippen molar-refractivity contribution in [1.29, 1.82) is 0 Å². The molecule has 0 unspecified atom stereocenters. The van der Waals surface area contributed by atoms with Gasteiger partial charge in [-0.05, 0) is 33.8 Å². The number of carbonyl (C=O) groups excluding carboxylic acids is 2. The fourth-order valence-electron chi connectivity index (χ4n) is 1.21. The molecular formula is C11H13BrO3S. The highest BCUT2D eigenvalue weighted by Gasteiger charge is 2.10. The molecule has 0 saturated heterocycles. The molecule has 88 valence electrons. The summed E-state index contributed by atoms with van der Waals surface area (Å²) in [4.78, 5) is 22.6. The molecule has 0 radical (unpaired) electrons. The van der Waals surface area contributed by atoms with E-state index >= 15 is 0 Å². The lowest BCUT2D eigenvalue weighted by atomic mass is 10.1. The molecule has 1 aromatic heterocycles. The molecule has 0 fully saturated rings. The SMILES string of the molecule is CCOC(=O)CCC(=O)Cc1cscc1Br. The molecule has 3 nitrogen and oxygen atoms in total. The van der Waals surface area contributed by atoms with Crippen LogP contribution in [-0.2, 0) is 20.7 Å². The summed E-state index contributed by atoms with van der Waals surface area (Å²) in [6.07, 6.45) is 0.805. The van der Waals surface area contributed by atoms with Gasteiger partial charge in [-0.2, -0.15) is 11.3 Å². The maximum absolute atomic E-state index is 11.5. The molecule has 5 heteroatoms. The van der Waals surface area contributed by atoms with Crippen molar-refractivity contribution >= 4 is 39.0 Å². The minimum atomic E-state index is -0.305. The quantitative estimate of drug-likeness (QED) is 0.759. The van der Waals surface area contributed by atoms with Crippen molar-refractivity contribution in [2.45, 2.75) is 26.2 Å². The van der Waals surface area contributed by atoms with Crippen molar-refractivity contribution in [1.82, 2.24) is 0 Å². The van der Waals surface area contributed by atoms with E-state index in [1.807, 2.05) is 10.8 Å². The van der Waals surface area contributed by atoms with Crippen LogP contribution in [0.4, 0.5) is 0 Å². The Hall–Kier alpha value is -0.680. The second kappa shape index (κ2) is 6.81. The molecule has 0 atom stereocenters. The van der Waals surface area contributed by atoms with Gasteiger partial charge in [-0.1, -0.05) is 0 Å². The van der Waals surface area contributed by atoms with E-state index < -0.39 is 0 Å². The van der Waals surface area contributed by atoms with Gasteiger partial charge in [0.25, 0.3) is 0 Å². The van der Waals surface area contributed by atoms with Gasteiger partial charge in [-0.3, -0.25) is 9.59 Å². The number of Topliss-reactive ketones (excluding diaryl/α,β-unsaturated/α-hetero) is 1. The molecule has 0 aliphatic heterocycles. The van der Waals surface area contributed by atoms with E-state index in [4.69, 9.17) is 4.74 Å². The van der Waals surface area contributed by atoms with Gasteiger partial charge in [0.05, 0.1) is 13.0 Å². The van der Waals surface area contributed by atoms with Crippen molar-refractivity contribution < 1.29 is 14.3 Å². The average molecular weight is 305 g/mol. The second-order valence-corrected chi connectivity index (χ2v) is 4.86. The number of hydrogen-bond acceptors (Lipinski definition) is 4. The summed E-state index contributed by atoms with van der Waals surface area (Å²) in [5.41, 5.74) is 0.985. The summed E-state index contributed by atoms with van der Waals surface area (Å²) in [6, 6.07) is 0. The minimum Gasteiger partial charge on any atom is -0.466 e. The number of thiophene rings is 1. The van der Waals surface area contributed by atoms with Gasteiger partial charge in [0, 0.05) is 22.7 Å². The van der Waals surface area contributed by atoms with Crippen LogP contribution in [0.5, 0.6) is 0 Å². The lowest BCUT2D eigenvalue weighted by Gasteiger charge is -2.01. The number of esters is 1. The first-order chi connectivity index (χ1) is 7.63. The first-order valence-corrected chi connectivity index (χ1v) is 6.75. The van der Waals surface area contributed by atoms with Crippen LogP contribution < -0.4 is 0 Å². The van der Waals surface area contributed by atoms with E-state index in [2.05, 4.69) is 15.9 Å². The summed E-state index contributed by atoms with van der Waals surface area (Å²) in [6.45, 7) is 2.12. The number of halogens is 1.